The molecular formula is C22H23N3O3S. The van der Waals surface area contributed by atoms with Crippen molar-refractivity contribution in [2.24, 2.45) is 0 Å². The fraction of sp³-hybridized carbons (Fsp3) is 0.409. The lowest BCUT2D eigenvalue weighted by Gasteiger charge is -2.29. The van der Waals surface area contributed by atoms with Crippen LogP contribution in [0.2, 0.25) is 0 Å². The maximum atomic E-state index is 12.7. The molecule has 150 valence electrons. The Morgan fingerprint density at radius 3 is 2.93 bits per heavy atom. The largest absolute Gasteiger partial charge is 0.486 e. The average molecular weight is 410 g/mol. The van der Waals surface area contributed by atoms with E-state index in [4.69, 9.17) is 9.47 Å². The van der Waals surface area contributed by atoms with Gasteiger partial charge in [0, 0.05) is 12.7 Å². The lowest BCUT2D eigenvalue weighted by molar-refractivity contribution is -0.128. The Kier molecular flexibility index (Phi) is 5.63. The molecule has 0 fully saturated rings. The molecule has 0 radical (unpaired) electrons. The average Bonchev–Trinajstić information content (AvgIpc) is 3.21. The lowest BCUT2D eigenvalue weighted by atomic mass is 10.0. The second-order valence-corrected chi connectivity index (χ2v) is 8.33. The van der Waals surface area contributed by atoms with Crippen molar-refractivity contribution in [1.82, 2.24) is 9.88 Å². The molecule has 1 aromatic carbocycles. The Balaban J connectivity index is 1.37. The number of carbonyl (C=O) groups is 1. The van der Waals surface area contributed by atoms with Gasteiger partial charge in [0.25, 0.3) is 0 Å². The number of pyridine rings is 1. The second kappa shape index (κ2) is 8.34. The standard InChI is InChI=1S/C22H23N3O3S/c1-14-16-6-5-7-18(16)24-22(17(14)10-23)29-13-21(26)25(2)11-15-12-27-19-8-3-4-9-20(19)28-15/h3-4,8-9,15H,5-7,11-13H2,1-2H3/t15-/m0/s1. The summed E-state index contributed by atoms with van der Waals surface area (Å²) >= 11 is 1.34. The number of aryl methyl sites for hydroxylation is 1. The highest BCUT2D eigenvalue weighted by molar-refractivity contribution is 8.00. The summed E-state index contributed by atoms with van der Waals surface area (Å²) in [6.07, 6.45) is 2.81. The van der Waals surface area contributed by atoms with Crippen molar-refractivity contribution in [2.45, 2.75) is 37.3 Å². The monoisotopic (exact) mass is 409 g/mol. The highest BCUT2D eigenvalue weighted by atomic mass is 32.2. The fourth-order valence-electron chi connectivity index (χ4n) is 3.78. The molecule has 2 aliphatic rings. The lowest BCUT2D eigenvalue weighted by Crippen LogP contribution is -2.42. The van der Waals surface area contributed by atoms with Crippen LogP contribution in [-0.2, 0) is 17.6 Å². The first-order valence-corrected chi connectivity index (χ1v) is 10.7. The Morgan fingerprint density at radius 2 is 2.14 bits per heavy atom. The minimum atomic E-state index is -0.209. The minimum absolute atomic E-state index is 0.0266. The quantitative estimate of drug-likeness (QED) is 0.706. The van der Waals surface area contributed by atoms with Gasteiger partial charge in [0.15, 0.2) is 17.6 Å². The summed E-state index contributed by atoms with van der Waals surface area (Å²) in [5.41, 5.74) is 3.91. The molecule has 2 heterocycles. The van der Waals surface area contributed by atoms with Gasteiger partial charge < -0.3 is 14.4 Å². The molecule has 1 aromatic heterocycles. The highest BCUT2D eigenvalue weighted by Crippen LogP contribution is 2.32. The third-order valence-electron chi connectivity index (χ3n) is 5.38. The van der Waals surface area contributed by atoms with Gasteiger partial charge in [-0.3, -0.25) is 4.79 Å². The normalized spacial score (nSPS) is 16.8. The first-order chi connectivity index (χ1) is 14.1. The fourth-order valence-corrected chi connectivity index (χ4v) is 4.78. The van der Waals surface area contributed by atoms with Crippen LogP contribution in [0.5, 0.6) is 11.5 Å². The summed E-state index contributed by atoms with van der Waals surface area (Å²) in [6, 6.07) is 9.81. The molecule has 0 spiro atoms. The van der Waals surface area contributed by atoms with Gasteiger partial charge in [0.05, 0.1) is 17.9 Å². The van der Waals surface area contributed by atoms with Gasteiger partial charge >= 0.3 is 0 Å². The number of nitrogens with zero attached hydrogens (tertiary/aromatic N) is 3. The topological polar surface area (TPSA) is 75.5 Å². The molecule has 1 aliphatic heterocycles. The van der Waals surface area contributed by atoms with Crippen LogP contribution in [-0.4, -0.2) is 47.8 Å². The number of amides is 1. The molecule has 7 heteroatoms. The molecule has 4 rings (SSSR count). The summed E-state index contributed by atoms with van der Waals surface area (Å²) < 4.78 is 11.7. The van der Waals surface area contributed by atoms with E-state index in [0.717, 1.165) is 36.3 Å². The summed E-state index contributed by atoms with van der Waals surface area (Å²) in [6.45, 7) is 2.84. The molecule has 29 heavy (non-hydrogen) atoms. The summed E-state index contributed by atoms with van der Waals surface area (Å²) in [4.78, 5) is 19.0. The molecule has 1 atom stereocenters. The van der Waals surface area contributed by atoms with Gasteiger partial charge in [-0.05, 0) is 49.4 Å². The number of benzene rings is 1. The zero-order valence-electron chi connectivity index (χ0n) is 16.6. The maximum Gasteiger partial charge on any atom is 0.232 e. The molecule has 0 unspecified atom stereocenters. The summed E-state index contributed by atoms with van der Waals surface area (Å²) in [5, 5.41) is 10.2. The highest BCUT2D eigenvalue weighted by Gasteiger charge is 2.25. The van der Waals surface area contributed by atoms with E-state index in [1.165, 1.54) is 17.3 Å². The van der Waals surface area contributed by atoms with Crippen LogP contribution in [0.1, 0.15) is 28.8 Å². The molecule has 1 aliphatic carbocycles. The Bertz CT molecular complexity index is 986. The van der Waals surface area contributed by atoms with E-state index < -0.39 is 0 Å². The molecule has 1 amide bonds. The second-order valence-electron chi connectivity index (χ2n) is 7.37. The van der Waals surface area contributed by atoms with Gasteiger partial charge in [0.2, 0.25) is 5.91 Å². The van der Waals surface area contributed by atoms with Crippen LogP contribution in [0.3, 0.4) is 0 Å². The Labute approximate surface area is 174 Å². The number of ether oxygens (including phenoxy) is 2. The third kappa shape index (κ3) is 4.03. The first-order valence-electron chi connectivity index (χ1n) is 9.74. The summed E-state index contributed by atoms with van der Waals surface area (Å²) in [7, 11) is 1.76. The number of carbonyl (C=O) groups excluding carboxylic acids is 1. The number of hydrogen-bond acceptors (Lipinski definition) is 6. The molecule has 0 N–H and O–H groups in total. The van der Waals surface area contributed by atoms with Gasteiger partial charge in [-0.2, -0.15) is 5.26 Å². The van der Waals surface area contributed by atoms with Crippen molar-refractivity contribution in [3.05, 3.63) is 46.6 Å². The van der Waals surface area contributed by atoms with Gasteiger partial charge in [-0.1, -0.05) is 23.9 Å². The minimum Gasteiger partial charge on any atom is -0.486 e. The van der Waals surface area contributed by atoms with Crippen molar-refractivity contribution >= 4 is 17.7 Å². The van der Waals surface area contributed by atoms with Gasteiger partial charge in [-0.15, -0.1) is 0 Å². The zero-order valence-corrected chi connectivity index (χ0v) is 17.4. The van der Waals surface area contributed by atoms with E-state index >= 15 is 0 Å². The number of nitriles is 1. The first kappa shape index (κ1) is 19.6. The molecule has 0 saturated heterocycles. The molecule has 0 bridgehead atoms. The number of rotatable bonds is 5. The van der Waals surface area contributed by atoms with Crippen molar-refractivity contribution < 1.29 is 14.3 Å². The zero-order chi connectivity index (χ0) is 20.4. The van der Waals surface area contributed by atoms with Crippen molar-refractivity contribution in [3.63, 3.8) is 0 Å². The number of likely N-dealkylation sites (N-methyl/N-ethyl adjacent to an activating group) is 1. The van der Waals surface area contributed by atoms with E-state index in [1.54, 1.807) is 11.9 Å². The molecule has 0 saturated carbocycles. The maximum absolute atomic E-state index is 12.7. The van der Waals surface area contributed by atoms with Gasteiger partial charge in [0.1, 0.15) is 17.7 Å². The van der Waals surface area contributed by atoms with Crippen LogP contribution < -0.4 is 9.47 Å². The van der Waals surface area contributed by atoms with E-state index in [-0.39, 0.29) is 17.8 Å². The number of fused-ring (bicyclic) bond motifs is 2. The predicted octanol–water partition coefficient (Wildman–Crippen LogP) is 3.14. The van der Waals surface area contributed by atoms with E-state index in [0.29, 0.717) is 29.5 Å². The van der Waals surface area contributed by atoms with Crippen LogP contribution in [0.15, 0.2) is 29.3 Å². The molecular weight excluding hydrogens is 386 g/mol. The molecule has 2 aromatic rings. The van der Waals surface area contributed by atoms with Crippen molar-refractivity contribution in [3.8, 4) is 17.6 Å². The van der Waals surface area contributed by atoms with E-state index in [2.05, 4.69) is 11.1 Å². The number of thioether (sulfide) groups is 1. The number of para-hydroxylation sites is 2. The smallest absolute Gasteiger partial charge is 0.232 e. The Hall–Kier alpha value is -2.72. The van der Waals surface area contributed by atoms with E-state index in [9.17, 15) is 10.1 Å². The van der Waals surface area contributed by atoms with E-state index in [1.807, 2.05) is 31.2 Å². The number of hydrogen-bond donors (Lipinski definition) is 0. The summed E-state index contributed by atoms with van der Waals surface area (Å²) in [5.74, 6) is 1.65. The number of aromatic nitrogens is 1. The Morgan fingerprint density at radius 1 is 1.34 bits per heavy atom. The van der Waals surface area contributed by atoms with Crippen molar-refractivity contribution in [2.75, 3.05) is 26.0 Å². The predicted molar refractivity (Wildman–Crippen MR) is 110 cm³/mol. The van der Waals surface area contributed by atoms with Gasteiger partial charge in [-0.25, -0.2) is 4.98 Å². The van der Waals surface area contributed by atoms with Crippen LogP contribution >= 0.6 is 11.8 Å². The SMILES string of the molecule is Cc1c(C#N)c(SCC(=O)N(C)C[C@H]2COc3ccccc3O2)nc2c1CCC2. The third-order valence-corrected chi connectivity index (χ3v) is 6.34. The van der Waals surface area contributed by atoms with Crippen LogP contribution in [0.25, 0.3) is 0 Å². The van der Waals surface area contributed by atoms with Crippen LogP contribution in [0.4, 0.5) is 0 Å². The van der Waals surface area contributed by atoms with Crippen LogP contribution in [0, 0.1) is 18.3 Å². The van der Waals surface area contributed by atoms with Crippen molar-refractivity contribution in [1.29, 1.82) is 5.26 Å². The molecule has 6 nitrogen and oxygen atoms in total.